The number of aromatic nitrogens is 1. The number of rotatable bonds is 7. The zero-order valence-corrected chi connectivity index (χ0v) is 18.0. The number of anilines is 1. The molecule has 0 amide bonds. The van der Waals surface area contributed by atoms with Crippen molar-refractivity contribution in [3.63, 3.8) is 0 Å². The summed E-state index contributed by atoms with van der Waals surface area (Å²) in [6, 6.07) is 25.2. The lowest BCUT2D eigenvalue weighted by molar-refractivity contribution is 0.554. The van der Waals surface area contributed by atoms with Crippen molar-refractivity contribution in [1.82, 2.24) is 4.98 Å². The molecule has 0 aliphatic rings. The SMILES string of the molecule is O=S(=O)(c1ccc(Cl)cc1)c1nc(/C=C/c2ccccc2)oc1NCc1ccccc1. The van der Waals surface area contributed by atoms with Crippen LogP contribution in [-0.4, -0.2) is 13.4 Å². The lowest BCUT2D eigenvalue weighted by Crippen LogP contribution is -2.07. The van der Waals surface area contributed by atoms with Gasteiger partial charge in [-0.2, -0.15) is 4.98 Å². The average Bonchev–Trinajstić information content (AvgIpc) is 3.22. The maximum atomic E-state index is 13.2. The highest BCUT2D eigenvalue weighted by molar-refractivity contribution is 7.91. The molecule has 0 aliphatic carbocycles. The van der Waals surface area contributed by atoms with Crippen LogP contribution in [0.5, 0.6) is 0 Å². The molecule has 0 bridgehead atoms. The molecular formula is C24H19ClN2O3S. The molecule has 3 aromatic carbocycles. The molecule has 7 heteroatoms. The third-order valence-corrected chi connectivity index (χ3v) is 6.44. The summed E-state index contributed by atoms with van der Waals surface area (Å²) in [5.41, 5.74) is 1.93. The van der Waals surface area contributed by atoms with Gasteiger partial charge in [-0.25, -0.2) is 8.42 Å². The molecule has 5 nitrogen and oxygen atoms in total. The highest BCUT2D eigenvalue weighted by Crippen LogP contribution is 2.30. The highest BCUT2D eigenvalue weighted by atomic mass is 35.5. The predicted octanol–water partition coefficient (Wildman–Crippen LogP) is 5.94. The zero-order valence-electron chi connectivity index (χ0n) is 16.4. The van der Waals surface area contributed by atoms with Crippen molar-refractivity contribution in [2.75, 3.05) is 5.32 Å². The van der Waals surface area contributed by atoms with Gasteiger partial charge >= 0.3 is 0 Å². The van der Waals surface area contributed by atoms with E-state index in [1.165, 1.54) is 24.3 Å². The van der Waals surface area contributed by atoms with E-state index in [1.54, 1.807) is 6.08 Å². The largest absolute Gasteiger partial charge is 0.420 e. The van der Waals surface area contributed by atoms with Gasteiger partial charge in [0, 0.05) is 17.6 Å². The number of benzene rings is 3. The molecular weight excluding hydrogens is 432 g/mol. The van der Waals surface area contributed by atoms with E-state index in [0.717, 1.165) is 11.1 Å². The summed E-state index contributed by atoms with van der Waals surface area (Å²) in [5, 5.41) is 3.35. The fourth-order valence-electron chi connectivity index (χ4n) is 2.92. The van der Waals surface area contributed by atoms with Crippen LogP contribution in [0.2, 0.25) is 5.02 Å². The fraction of sp³-hybridized carbons (Fsp3) is 0.0417. The van der Waals surface area contributed by atoms with Crippen LogP contribution in [-0.2, 0) is 16.4 Å². The first-order valence-electron chi connectivity index (χ1n) is 9.55. The number of nitrogens with one attached hydrogen (secondary N) is 1. The Hall–Kier alpha value is -3.35. The average molecular weight is 451 g/mol. The molecule has 31 heavy (non-hydrogen) atoms. The quantitative estimate of drug-likeness (QED) is 0.377. The molecule has 0 unspecified atom stereocenters. The van der Waals surface area contributed by atoms with Gasteiger partial charge < -0.3 is 9.73 Å². The minimum atomic E-state index is -3.91. The third-order valence-electron chi connectivity index (χ3n) is 4.50. The Kier molecular flexibility index (Phi) is 6.21. The number of hydrogen-bond acceptors (Lipinski definition) is 5. The first kappa shape index (κ1) is 20.9. The number of nitrogens with zero attached hydrogens (tertiary/aromatic N) is 1. The van der Waals surface area contributed by atoms with Crippen LogP contribution in [0.3, 0.4) is 0 Å². The van der Waals surface area contributed by atoms with Gasteiger partial charge in [0.1, 0.15) is 0 Å². The van der Waals surface area contributed by atoms with E-state index in [4.69, 9.17) is 16.0 Å². The van der Waals surface area contributed by atoms with E-state index in [0.29, 0.717) is 11.6 Å². The maximum absolute atomic E-state index is 13.2. The van der Waals surface area contributed by atoms with Crippen LogP contribution >= 0.6 is 11.6 Å². The molecule has 4 rings (SSSR count). The van der Waals surface area contributed by atoms with Crippen LogP contribution in [0, 0.1) is 0 Å². The summed E-state index contributed by atoms with van der Waals surface area (Å²) in [5.74, 6) is 0.276. The fourth-order valence-corrected chi connectivity index (χ4v) is 4.33. The van der Waals surface area contributed by atoms with Crippen LogP contribution in [0.1, 0.15) is 17.0 Å². The van der Waals surface area contributed by atoms with E-state index in [1.807, 2.05) is 66.7 Å². The lowest BCUT2D eigenvalue weighted by atomic mass is 10.2. The summed E-state index contributed by atoms with van der Waals surface area (Å²) >= 11 is 5.91. The van der Waals surface area contributed by atoms with Gasteiger partial charge in [-0.1, -0.05) is 72.3 Å². The van der Waals surface area contributed by atoms with Gasteiger partial charge in [-0.15, -0.1) is 0 Å². The first-order valence-corrected chi connectivity index (χ1v) is 11.4. The molecule has 0 radical (unpaired) electrons. The van der Waals surface area contributed by atoms with Gasteiger partial charge in [0.2, 0.25) is 26.6 Å². The molecule has 0 aliphatic heterocycles. The second-order valence-electron chi connectivity index (χ2n) is 6.73. The Bertz CT molecular complexity index is 1280. The van der Waals surface area contributed by atoms with Crippen molar-refractivity contribution >= 4 is 39.5 Å². The number of hydrogen-bond donors (Lipinski definition) is 1. The smallest absolute Gasteiger partial charge is 0.234 e. The van der Waals surface area contributed by atoms with E-state index in [-0.39, 0.29) is 21.7 Å². The lowest BCUT2D eigenvalue weighted by Gasteiger charge is -2.06. The van der Waals surface area contributed by atoms with Crippen molar-refractivity contribution in [3.05, 3.63) is 107 Å². The Morgan fingerprint density at radius 3 is 2.19 bits per heavy atom. The Balaban J connectivity index is 1.69. The zero-order chi connectivity index (χ0) is 21.7. The van der Waals surface area contributed by atoms with Crippen molar-refractivity contribution in [2.24, 2.45) is 0 Å². The molecule has 0 spiro atoms. The second-order valence-corrected chi connectivity index (χ2v) is 9.03. The minimum absolute atomic E-state index is 0.0894. The Morgan fingerprint density at radius 2 is 1.52 bits per heavy atom. The van der Waals surface area contributed by atoms with E-state index >= 15 is 0 Å². The topological polar surface area (TPSA) is 72.2 Å². The number of halogens is 1. The monoisotopic (exact) mass is 450 g/mol. The van der Waals surface area contributed by atoms with E-state index in [2.05, 4.69) is 10.3 Å². The van der Waals surface area contributed by atoms with Crippen LogP contribution in [0.25, 0.3) is 12.2 Å². The minimum Gasteiger partial charge on any atom is -0.420 e. The van der Waals surface area contributed by atoms with Crippen LogP contribution < -0.4 is 5.32 Å². The summed E-state index contributed by atoms with van der Waals surface area (Å²) in [7, 11) is -3.91. The van der Waals surface area contributed by atoms with E-state index < -0.39 is 9.84 Å². The van der Waals surface area contributed by atoms with Crippen LogP contribution in [0.4, 0.5) is 5.88 Å². The molecule has 0 atom stereocenters. The molecule has 156 valence electrons. The molecule has 4 aromatic rings. The number of sulfone groups is 1. The first-order chi connectivity index (χ1) is 15.0. The Labute approximate surface area is 186 Å². The van der Waals surface area contributed by atoms with Crippen molar-refractivity contribution < 1.29 is 12.8 Å². The molecule has 0 saturated heterocycles. The van der Waals surface area contributed by atoms with Gasteiger partial charge in [-0.05, 0) is 41.5 Å². The van der Waals surface area contributed by atoms with E-state index in [9.17, 15) is 8.42 Å². The second kappa shape index (κ2) is 9.20. The summed E-state index contributed by atoms with van der Waals surface area (Å²) in [6.45, 7) is 0.390. The normalized spacial score (nSPS) is 11.6. The third kappa shape index (κ3) is 5.05. The molecule has 1 aromatic heterocycles. The van der Waals surface area contributed by atoms with Gasteiger partial charge in [0.05, 0.1) is 4.90 Å². The molecule has 0 saturated carbocycles. The van der Waals surface area contributed by atoms with Crippen molar-refractivity contribution in [1.29, 1.82) is 0 Å². The maximum Gasteiger partial charge on any atom is 0.234 e. The summed E-state index contributed by atoms with van der Waals surface area (Å²) in [4.78, 5) is 4.36. The predicted molar refractivity (Wildman–Crippen MR) is 123 cm³/mol. The van der Waals surface area contributed by atoms with Crippen LogP contribution in [0.15, 0.2) is 99.3 Å². The summed E-state index contributed by atoms with van der Waals surface area (Å²) < 4.78 is 32.2. The van der Waals surface area contributed by atoms with Crippen molar-refractivity contribution in [2.45, 2.75) is 16.5 Å². The van der Waals surface area contributed by atoms with Crippen molar-refractivity contribution in [3.8, 4) is 0 Å². The standard InChI is InChI=1S/C24H19ClN2O3S/c25-20-12-14-21(15-13-20)31(28,29)24-23(26-17-19-9-5-2-6-10-19)30-22(27-24)16-11-18-7-3-1-4-8-18/h1-16,26H,17H2/b16-11+. The van der Waals surface area contributed by atoms with Gasteiger partial charge in [0.15, 0.2) is 0 Å². The molecule has 0 fully saturated rings. The summed E-state index contributed by atoms with van der Waals surface area (Å²) in [6.07, 6.45) is 3.45. The Morgan fingerprint density at radius 1 is 0.871 bits per heavy atom. The molecule has 1 heterocycles. The number of oxazole rings is 1. The molecule has 1 N–H and O–H groups in total. The highest BCUT2D eigenvalue weighted by Gasteiger charge is 2.27. The van der Waals surface area contributed by atoms with Gasteiger partial charge in [0.25, 0.3) is 0 Å². The van der Waals surface area contributed by atoms with Gasteiger partial charge in [-0.3, -0.25) is 0 Å².